The van der Waals surface area contributed by atoms with E-state index in [4.69, 9.17) is 0 Å². The van der Waals surface area contributed by atoms with Gasteiger partial charge in [0.05, 0.1) is 11.4 Å². The smallest absolute Gasteiger partial charge is 0.0853 e. The van der Waals surface area contributed by atoms with Gasteiger partial charge in [-0.2, -0.15) is 5.10 Å². The highest BCUT2D eigenvalue weighted by Crippen LogP contribution is 2.38. The summed E-state index contributed by atoms with van der Waals surface area (Å²) >= 11 is 0. The van der Waals surface area contributed by atoms with Gasteiger partial charge >= 0.3 is 0 Å². The van der Waals surface area contributed by atoms with Gasteiger partial charge in [-0.25, -0.2) is 0 Å². The number of nitrogens with one attached hydrogen (secondary N) is 1. The molecule has 1 aliphatic rings. The van der Waals surface area contributed by atoms with E-state index >= 15 is 0 Å². The minimum atomic E-state index is 0.466. The summed E-state index contributed by atoms with van der Waals surface area (Å²) in [6, 6.07) is 0.632. The lowest BCUT2D eigenvalue weighted by Crippen LogP contribution is -2.31. The summed E-state index contributed by atoms with van der Waals surface area (Å²) in [5, 5.41) is 8.21. The Bertz CT molecular complexity index is 406. The molecule has 1 aromatic rings. The molecule has 19 heavy (non-hydrogen) atoms. The minimum Gasteiger partial charge on any atom is -0.380 e. The van der Waals surface area contributed by atoms with Gasteiger partial charge in [-0.1, -0.05) is 27.7 Å². The molecule has 3 heteroatoms. The second kappa shape index (κ2) is 5.56. The van der Waals surface area contributed by atoms with Gasteiger partial charge in [0.2, 0.25) is 0 Å². The molecule has 0 aliphatic heterocycles. The molecule has 0 unspecified atom stereocenters. The van der Waals surface area contributed by atoms with E-state index in [2.05, 4.69) is 44.3 Å². The SMILES string of the molecule is CCc1nn(C)cc1NC1CCC(C(C)(C)C)CC1. The summed E-state index contributed by atoms with van der Waals surface area (Å²) in [6.45, 7) is 9.30. The van der Waals surface area contributed by atoms with Crippen molar-refractivity contribution in [3.05, 3.63) is 11.9 Å². The number of hydrogen-bond acceptors (Lipinski definition) is 2. The first-order valence-corrected chi connectivity index (χ1v) is 7.69. The molecule has 1 fully saturated rings. The van der Waals surface area contributed by atoms with Gasteiger partial charge in [-0.3, -0.25) is 4.68 Å². The molecule has 0 atom stereocenters. The summed E-state index contributed by atoms with van der Waals surface area (Å²) < 4.78 is 1.92. The Kier molecular flexibility index (Phi) is 4.22. The van der Waals surface area contributed by atoms with Crippen LogP contribution in [0, 0.1) is 11.3 Å². The van der Waals surface area contributed by atoms with Crippen molar-refractivity contribution in [2.45, 2.75) is 65.8 Å². The fourth-order valence-corrected chi connectivity index (χ4v) is 3.24. The van der Waals surface area contributed by atoms with Crippen LogP contribution in [0.3, 0.4) is 0 Å². The molecule has 108 valence electrons. The van der Waals surface area contributed by atoms with Gasteiger partial charge < -0.3 is 5.32 Å². The van der Waals surface area contributed by atoms with Crippen LogP contribution in [0.1, 0.15) is 59.1 Å². The molecule has 0 saturated heterocycles. The van der Waals surface area contributed by atoms with Crippen LogP contribution in [0.4, 0.5) is 5.69 Å². The Morgan fingerprint density at radius 3 is 2.42 bits per heavy atom. The largest absolute Gasteiger partial charge is 0.380 e. The molecule has 0 spiro atoms. The lowest BCUT2D eigenvalue weighted by molar-refractivity contribution is 0.173. The molecule has 1 N–H and O–H groups in total. The maximum atomic E-state index is 4.50. The van der Waals surface area contributed by atoms with E-state index < -0.39 is 0 Å². The van der Waals surface area contributed by atoms with Crippen molar-refractivity contribution in [3.63, 3.8) is 0 Å². The van der Waals surface area contributed by atoms with Crippen LogP contribution in [-0.2, 0) is 13.5 Å². The van der Waals surface area contributed by atoms with Crippen molar-refractivity contribution in [1.29, 1.82) is 0 Å². The predicted molar refractivity (Wildman–Crippen MR) is 81.4 cm³/mol. The fourth-order valence-electron chi connectivity index (χ4n) is 3.24. The molecule has 1 saturated carbocycles. The topological polar surface area (TPSA) is 29.9 Å². The van der Waals surface area contributed by atoms with Crippen LogP contribution in [-0.4, -0.2) is 15.8 Å². The standard InChI is InChI=1S/C16H29N3/c1-6-14-15(11-19(5)18-14)17-13-9-7-12(8-10-13)16(2,3)4/h11-13,17H,6-10H2,1-5H3. The molecular weight excluding hydrogens is 234 g/mol. The molecule has 1 aliphatic carbocycles. The maximum absolute atomic E-state index is 4.50. The molecule has 1 heterocycles. The van der Waals surface area contributed by atoms with Crippen molar-refractivity contribution in [2.24, 2.45) is 18.4 Å². The zero-order chi connectivity index (χ0) is 14.0. The van der Waals surface area contributed by atoms with Crippen molar-refractivity contribution < 1.29 is 0 Å². The Labute approximate surface area is 117 Å². The molecule has 0 radical (unpaired) electrons. The lowest BCUT2D eigenvalue weighted by atomic mass is 9.71. The van der Waals surface area contributed by atoms with Crippen molar-refractivity contribution in [1.82, 2.24) is 9.78 Å². The maximum Gasteiger partial charge on any atom is 0.0853 e. The van der Waals surface area contributed by atoms with Crippen molar-refractivity contribution >= 4 is 5.69 Å². The number of aromatic nitrogens is 2. The zero-order valence-corrected chi connectivity index (χ0v) is 13.2. The van der Waals surface area contributed by atoms with E-state index in [1.54, 1.807) is 0 Å². The highest BCUT2D eigenvalue weighted by Gasteiger charge is 2.29. The summed E-state index contributed by atoms with van der Waals surface area (Å²) in [6.07, 6.45) is 8.40. The first-order valence-electron chi connectivity index (χ1n) is 7.69. The summed E-state index contributed by atoms with van der Waals surface area (Å²) in [7, 11) is 2.00. The zero-order valence-electron chi connectivity index (χ0n) is 13.2. The van der Waals surface area contributed by atoms with Gasteiger partial charge in [0, 0.05) is 19.3 Å². The van der Waals surface area contributed by atoms with E-state index in [1.165, 1.54) is 37.1 Å². The Morgan fingerprint density at radius 1 is 1.26 bits per heavy atom. The van der Waals surface area contributed by atoms with Gasteiger partial charge in [0.25, 0.3) is 0 Å². The van der Waals surface area contributed by atoms with Crippen LogP contribution in [0.5, 0.6) is 0 Å². The van der Waals surface area contributed by atoms with E-state index in [0.717, 1.165) is 12.3 Å². The van der Waals surface area contributed by atoms with Gasteiger partial charge in [-0.15, -0.1) is 0 Å². The minimum absolute atomic E-state index is 0.466. The summed E-state index contributed by atoms with van der Waals surface area (Å²) in [5.74, 6) is 0.880. The molecule has 0 aromatic carbocycles. The average Bonchev–Trinajstić information content (AvgIpc) is 2.69. The lowest BCUT2D eigenvalue weighted by Gasteiger charge is -2.37. The predicted octanol–water partition coefficient (Wildman–Crippen LogP) is 4.00. The number of nitrogens with zero attached hydrogens (tertiary/aromatic N) is 2. The van der Waals surface area contributed by atoms with Crippen LogP contribution in [0.25, 0.3) is 0 Å². The Morgan fingerprint density at radius 2 is 1.89 bits per heavy atom. The molecule has 0 amide bonds. The third kappa shape index (κ3) is 3.52. The van der Waals surface area contributed by atoms with E-state index in [0.29, 0.717) is 11.5 Å². The number of aryl methyl sites for hydroxylation is 2. The molecule has 0 bridgehead atoms. The van der Waals surface area contributed by atoms with Crippen molar-refractivity contribution in [3.8, 4) is 0 Å². The number of anilines is 1. The van der Waals surface area contributed by atoms with Crippen LogP contribution < -0.4 is 5.32 Å². The van der Waals surface area contributed by atoms with E-state index in [-0.39, 0.29) is 0 Å². The first kappa shape index (κ1) is 14.4. The Balaban J connectivity index is 1.92. The van der Waals surface area contributed by atoms with Crippen LogP contribution >= 0.6 is 0 Å². The average molecular weight is 263 g/mol. The quantitative estimate of drug-likeness (QED) is 0.893. The second-order valence-electron chi connectivity index (χ2n) is 7.08. The molecule has 2 rings (SSSR count). The molecule has 1 aromatic heterocycles. The van der Waals surface area contributed by atoms with E-state index in [1.807, 2.05) is 11.7 Å². The third-order valence-corrected chi connectivity index (χ3v) is 4.55. The normalized spacial score (nSPS) is 24.5. The monoisotopic (exact) mass is 263 g/mol. The van der Waals surface area contributed by atoms with Gasteiger partial charge in [0.1, 0.15) is 0 Å². The number of hydrogen-bond donors (Lipinski definition) is 1. The summed E-state index contributed by atoms with van der Waals surface area (Å²) in [4.78, 5) is 0. The second-order valence-corrected chi connectivity index (χ2v) is 7.08. The molecular formula is C16H29N3. The first-order chi connectivity index (χ1) is 8.90. The fraction of sp³-hybridized carbons (Fsp3) is 0.812. The highest BCUT2D eigenvalue weighted by molar-refractivity contribution is 5.47. The third-order valence-electron chi connectivity index (χ3n) is 4.55. The van der Waals surface area contributed by atoms with Gasteiger partial charge in [0.15, 0.2) is 0 Å². The van der Waals surface area contributed by atoms with Gasteiger partial charge in [-0.05, 0) is 43.4 Å². The van der Waals surface area contributed by atoms with Crippen LogP contribution in [0.15, 0.2) is 6.20 Å². The highest BCUT2D eigenvalue weighted by atomic mass is 15.3. The number of rotatable bonds is 3. The van der Waals surface area contributed by atoms with E-state index in [9.17, 15) is 0 Å². The van der Waals surface area contributed by atoms with Crippen molar-refractivity contribution in [2.75, 3.05) is 5.32 Å². The van der Waals surface area contributed by atoms with Crippen LogP contribution in [0.2, 0.25) is 0 Å². The molecule has 3 nitrogen and oxygen atoms in total. The Hall–Kier alpha value is -0.990. The summed E-state index contributed by atoms with van der Waals surface area (Å²) in [5.41, 5.74) is 2.90.